The maximum absolute atomic E-state index is 11.1. The molecule has 1 unspecified atom stereocenters. The van der Waals surface area contributed by atoms with Crippen molar-refractivity contribution in [3.8, 4) is 11.5 Å². The molecule has 3 heteroatoms. The third-order valence-corrected chi connectivity index (χ3v) is 2.91. The highest BCUT2D eigenvalue weighted by Gasteiger charge is 2.10. The van der Waals surface area contributed by atoms with Crippen LogP contribution < -0.4 is 9.47 Å². The number of rotatable bonds is 8. The standard InChI is InChI=1S/C16H24O3/c1-5-8-19-15-7-6-14(11-16(15)18-4)10-12(2)9-13(3)17/h6-7,11-12H,5,8-10H2,1-4H3. The van der Waals surface area contributed by atoms with Gasteiger partial charge in [-0.05, 0) is 43.4 Å². The Kier molecular flexibility index (Phi) is 6.40. The van der Waals surface area contributed by atoms with Crippen LogP contribution in [0.3, 0.4) is 0 Å². The second-order valence-corrected chi connectivity index (χ2v) is 5.05. The zero-order chi connectivity index (χ0) is 14.3. The van der Waals surface area contributed by atoms with E-state index >= 15 is 0 Å². The van der Waals surface area contributed by atoms with E-state index in [-0.39, 0.29) is 5.78 Å². The fourth-order valence-electron chi connectivity index (χ4n) is 2.14. The van der Waals surface area contributed by atoms with E-state index in [1.165, 1.54) is 5.56 Å². The molecule has 0 saturated carbocycles. The molecular weight excluding hydrogens is 240 g/mol. The predicted octanol–water partition coefficient (Wildman–Crippen LogP) is 3.64. The highest BCUT2D eigenvalue weighted by molar-refractivity contribution is 5.75. The number of benzene rings is 1. The van der Waals surface area contributed by atoms with Crippen molar-refractivity contribution in [2.24, 2.45) is 5.92 Å². The van der Waals surface area contributed by atoms with Crippen molar-refractivity contribution in [2.75, 3.05) is 13.7 Å². The number of carbonyl (C=O) groups is 1. The summed E-state index contributed by atoms with van der Waals surface area (Å²) in [6.07, 6.45) is 2.47. The number of Topliss-reactive ketones (excluding diaryl/α,β-unsaturated/α-hetero) is 1. The van der Waals surface area contributed by atoms with E-state index in [1.54, 1.807) is 14.0 Å². The molecule has 0 radical (unpaired) electrons. The van der Waals surface area contributed by atoms with Crippen LogP contribution in [0.5, 0.6) is 11.5 Å². The van der Waals surface area contributed by atoms with E-state index in [4.69, 9.17) is 9.47 Å². The fraction of sp³-hybridized carbons (Fsp3) is 0.562. The Morgan fingerprint density at radius 1 is 1.32 bits per heavy atom. The van der Waals surface area contributed by atoms with Gasteiger partial charge in [-0.1, -0.05) is 19.9 Å². The molecule has 1 aromatic carbocycles. The van der Waals surface area contributed by atoms with Crippen LogP contribution in [0.15, 0.2) is 18.2 Å². The number of hydrogen-bond acceptors (Lipinski definition) is 3. The van der Waals surface area contributed by atoms with Gasteiger partial charge in [0.05, 0.1) is 13.7 Å². The average Bonchev–Trinajstić information content (AvgIpc) is 2.36. The van der Waals surface area contributed by atoms with Gasteiger partial charge in [0.1, 0.15) is 5.78 Å². The third-order valence-electron chi connectivity index (χ3n) is 2.91. The summed E-state index contributed by atoms with van der Waals surface area (Å²) in [5.74, 6) is 2.14. The van der Waals surface area contributed by atoms with E-state index in [1.807, 2.05) is 18.2 Å². The SMILES string of the molecule is CCCOc1ccc(CC(C)CC(C)=O)cc1OC. The first-order chi connectivity index (χ1) is 9.06. The minimum Gasteiger partial charge on any atom is -0.493 e. The molecule has 0 heterocycles. The zero-order valence-electron chi connectivity index (χ0n) is 12.4. The molecule has 0 amide bonds. The second kappa shape index (κ2) is 7.82. The van der Waals surface area contributed by atoms with Crippen molar-refractivity contribution < 1.29 is 14.3 Å². The maximum Gasteiger partial charge on any atom is 0.161 e. The largest absolute Gasteiger partial charge is 0.493 e. The summed E-state index contributed by atoms with van der Waals surface area (Å²) in [5.41, 5.74) is 1.18. The smallest absolute Gasteiger partial charge is 0.161 e. The summed E-state index contributed by atoms with van der Waals surface area (Å²) < 4.78 is 11.0. The first-order valence-corrected chi connectivity index (χ1v) is 6.86. The molecule has 0 aliphatic carbocycles. The number of methoxy groups -OCH3 is 1. The fourth-order valence-corrected chi connectivity index (χ4v) is 2.14. The van der Waals surface area contributed by atoms with Crippen LogP contribution in [-0.4, -0.2) is 19.5 Å². The van der Waals surface area contributed by atoms with Crippen molar-refractivity contribution in [3.63, 3.8) is 0 Å². The van der Waals surface area contributed by atoms with Crippen molar-refractivity contribution in [1.29, 1.82) is 0 Å². The van der Waals surface area contributed by atoms with Gasteiger partial charge < -0.3 is 14.3 Å². The van der Waals surface area contributed by atoms with Crippen LogP contribution in [0.2, 0.25) is 0 Å². The normalized spacial score (nSPS) is 12.0. The minimum atomic E-state index is 0.238. The Morgan fingerprint density at radius 3 is 2.63 bits per heavy atom. The molecule has 19 heavy (non-hydrogen) atoms. The molecule has 3 nitrogen and oxygen atoms in total. The average molecular weight is 264 g/mol. The topological polar surface area (TPSA) is 35.5 Å². The van der Waals surface area contributed by atoms with Crippen molar-refractivity contribution in [3.05, 3.63) is 23.8 Å². The molecule has 0 bridgehead atoms. The second-order valence-electron chi connectivity index (χ2n) is 5.05. The monoisotopic (exact) mass is 264 g/mol. The molecule has 0 fully saturated rings. The van der Waals surface area contributed by atoms with Gasteiger partial charge >= 0.3 is 0 Å². The van der Waals surface area contributed by atoms with E-state index in [0.29, 0.717) is 18.9 Å². The van der Waals surface area contributed by atoms with Crippen LogP contribution in [0.25, 0.3) is 0 Å². The van der Waals surface area contributed by atoms with Crippen molar-refractivity contribution in [2.45, 2.75) is 40.0 Å². The van der Waals surface area contributed by atoms with Gasteiger partial charge in [0, 0.05) is 6.42 Å². The van der Waals surface area contributed by atoms with Gasteiger partial charge in [-0.2, -0.15) is 0 Å². The molecular formula is C16H24O3. The van der Waals surface area contributed by atoms with Gasteiger partial charge in [0.25, 0.3) is 0 Å². The van der Waals surface area contributed by atoms with Crippen LogP contribution in [0.4, 0.5) is 0 Å². The summed E-state index contributed by atoms with van der Waals surface area (Å²) in [5, 5.41) is 0. The number of carbonyl (C=O) groups excluding carboxylic acids is 1. The van der Waals surface area contributed by atoms with Gasteiger partial charge in [-0.25, -0.2) is 0 Å². The Bertz CT molecular complexity index is 412. The van der Waals surface area contributed by atoms with Crippen LogP contribution in [0, 0.1) is 5.92 Å². The molecule has 1 atom stereocenters. The van der Waals surface area contributed by atoms with Gasteiger partial charge in [-0.15, -0.1) is 0 Å². The lowest BCUT2D eigenvalue weighted by Crippen LogP contribution is -2.05. The Morgan fingerprint density at radius 2 is 2.05 bits per heavy atom. The Balaban J connectivity index is 2.73. The van der Waals surface area contributed by atoms with E-state index in [9.17, 15) is 4.79 Å². The van der Waals surface area contributed by atoms with E-state index in [0.717, 1.165) is 24.3 Å². The predicted molar refractivity (Wildman–Crippen MR) is 76.9 cm³/mol. The molecule has 0 aliphatic rings. The lowest BCUT2D eigenvalue weighted by atomic mass is 9.96. The molecule has 1 aromatic rings. The lowest BCUT2D eigenvalue weighted by Gasteiger charge is -2.13. The summed E-state index contributed by atoms with van der Waals surface area (Å²) >= 11 is 0. The molecule has 0 N–H and O–H groups in total. The molecule has 0 saturated heterocycles. The lowest BCUT2D eigenvalue weighted by molar-refractivity contribution is -0.117. The van der Waals surface area contributed by atoms with Crippen LogP contribution in [0.1, 0.15) is 39.2 Å². The first kappa shape index (κ1) is 15.5. The number of ketones is 1. The molecule has 0 spiro atoms. The first-order valence-electron chi connectivity index (χ1n) is 6.86. The number of hydrogen-bond donors (Lipinski definition) is 0. The van der Waals surface area contributed by atoms with Crippen molar-refractivity contribution in [1.82, 2.24) is 0 Å². The summed E-state index contributed by atoms with van der Waals surface area (Å²) in [7, 11) is 1.65. The minimum absolute atomic E-state index is 0.238. The maximum atomic E-state index is 11.1. The number of ether oxygens (including phenoxy) is 2. The van der Waals surface area contributed by atoms with Crippen molar-refractivity contribution >= 4 is 5.78 Å². The highest BCUT2D eigenvalue weighted by Crippen LogP contribution is 2.29. The third kappa shape index (κ3) is 5.33. The zero-order valence-corrected chi connectivity index (χ0v) is 12.4. The molecule has 0 aliphatic heterocycles. The van der Waals surface area contributed by atoms with E-state index in [2.05, 4.69) is 13.8 Å². The van der Waals surface area contributed by atoms with Gasteiger partial charge in [-0.3, -0.25) is 0 Å². The Hall–Kier alpha value is -1.51. The van der Waals surface area contributed by atoms with Gasteiger partial charge in [0.15, 0.2) is 11.5 Å². The highest BCUT2D eigenvalue weighted by atomic mass is 16.5. The van der Waals surface area contributed by atoms with Crippen LogP contribution >= 0.6 is 0 Å². The molecule has 106 valence electrons. The van der Waals surface area contributed by atoms with E-state index < -0.39 is 0 Å². The van der Waals surface area contributed by atoms with Gasteiger partial charge in [0.2, 0.25) is 0 Å². The Labute approximate surface area is 115 Å². The summed E-state index contributed by atoms with van der Waals surface area (Å²) in [4.78, 5) is 11.1. The summed E-state index contributed by atoms with van der Waals surface area (Å²) in [6.45, 7) is 6.49. The molecule has 0 aromatic heterocycles. The van der Waals surface area contributed by atoms with Crippen LogP contribution in [-0.2, 0) is 11.2 Å². The molecule has 1 rings (SSSR count). The quantitative estimate of drug-likeness (QED) is 0.719. The summed E-state index contributed by atoms with van der Waals surface area (Å²) in [6, 6.07) is 6.00.